The third-order valence-electron chi connectivity index (χ3n) is 5.20. The van der Waals surface area contributed by atoms with Crippen LogP contribution in [0, 0.1) is 11.6 Å². The highest BCUT2D eigenvalue weighted by Crippen LogP contribution is 2.34. The first-order valence-electron chi connectivity index (χ1n) is 10.3. The summed E-state index contributed by atoms with van der Waals surface area (Å²) in [5.74, 6) is -3.72. The number of likely N-dealkylation sites (N-methyl/N-ethyl adjacent to an activating group) is 1. The quantitative estimate of drug-likeness (QED) is 0.327. The maximum Gasteiger partial charge on any atom is 0.335 e. The van der Waals surface area contributed by atoms with E-state index in [9.17, 15) is 23.2 Å². The normalized spacial score (nSPS) is 14.5. The Bertz CT molecular complexity index is 1410. The van der Waals surface area contributed by atoms with Crippen LogP contribution >= 0.6 is 35.3 Å². The summed E-state index contributed by atoms with van der Waals surface area (Å²) in [5, 5.41) is 11.9. The van der Waals surface area contributed by atoms with Crippen LogP contribution in [0.2, 0.25) is 0 Å². The zero-order chi connectivity index (χ0) is 26.0. The van der Waals surface area contributed by atoms with Gasteiger partial charge in [-0.2, -0.15) is 0 Å². The van der Waals surface area contributed by atoms with Gasteiger partial charge in [0.15, 0.2) is 16.0 Å². The van der Waals surface area contributed by atoms with Crippen molar-refractivity contribution >= 4 is 69.2 Å². The van der Waals surface area contributed by atoms with Crippen LogP contribution in [0.5, 0.6) is 0 Å². The fraction of sp³-hybridized carbons (Fsp3) is 0.0833. The molecule has 1 saturated heterocycles. The van der Waals surface area contributed by atoms with Crippen LogP contribution in [0.25, 0.3) is 17.2 Å². The van der Waals surface area contributed by atoms with Crippen molar-refractivity contribution in [3.8, 4) is 11.1 Å². The molecule has 0 radical (unpaired) electrons. The van der Waals surface area contributed by atoms with Crippen molar-refractivity contribution in [3.05, 3.63) is 80.9 Å². The van der Waals surface area contributed by atoms with E-state index in [4.69, 9.17) is 17.3 Å². The van der Waals surface area contributed by atoms with Crippen molar-refractivity contribution in [2.24, 2.45) is 0 Å². The topological polar surface area (TPSA) is 90.0 Å². The van der Waals surface area contributed by atoms with Gasteiger partial charge in [-0.3, -0.25) is 9.59 Å². The van der Waals surface area contributed by atoms with Gasteiger partial charge in [0.05, 0.1) is 17.0 Å². The molecule has 0 atom stereocenters. The van der Waals surface area contributed by atoms with Crippen LogP contribution in [-0.2, 0) is 9.59 Å². The summed E-state index contributed by atoms with van der Waals surface area (Å²) < 4.78 is 27.0. The number of hydrogen-bond acceptors (Lipinski definition) is 7. The molecule has 0 bridgehead atoms. The first kappa shape index (κ1) is 25.6. The van der Waals surface area contributed by atoms with Crippen LogP contribution in [0.3, 0.4) is 0 Å². The molecule has 2 aromatic carbocycles. The van der Waals surface area contributed by atoms with Gasteiger partial charge in [-0.25, -0.2) is 24.0 Å². The molecule has 1 aromatic heterocycles. The third-order valence-corrected chi connectivity index (χ3v) is 7.39. The Morgan fingerprint density at radius 2 is 1.83 bits per heavy atom. The first-order valence-corrected chi connectivity index (χ1v) is 12.4. The van der Waals surface area contributed by atoms with E-state index in [0.29, 0.717) is 21.7 Å². The van der Waals surface area contributed by atoms with Crippen molar-refractivity contribution in [3.63, 3.8) is 0 Å². The Hall–Kier alpha value is -3.45. The lowest BCUT2D eigenvalue weighted by Gasteiger charge is -2.20. The van der Waals surface area contributed by atoms with Gasteiger partial charge in [-0.1, -0.05) is 30.0 Å². The predicted molar refractivity (Wildman–Crippen MR) is 139 cm³/mol. The molecule has 1 aliphatic heterocycles. The van der Waals surface area contributed by atoms with Gasteiger partial charge in [0, 0.05) is 17.6 Å². The maximum absolute atomic E-state index is 13.6. The molecular formula is C24H17F2N3O4S3. The van der Waals surface area contributed by atoms with Crippen molar-refractivity contribution in [2.45, 2.75) is 0 Å². The van der Waals surface area contributed by atoms with Gasteiger partial charge in [-0.05, 0) is 65.0 Å². The highest BCUT2D eigenvalue weighted by Gasteiger charge is 2.33. The molecule has 2 heterocycles. The largest absolute Gasteiger partial charge is 0.478 e. The fourth-order valence-corrected chi connectivity index (χ4v) is 5.36. The molecule has 12 heteroatoms. The van der Waals surface area contributed by atoms with Crippen LogP contribution in [0.1, 0.15) is 15.2 Å². The maximum atomic E-state index is 13.6. The molecule has 4 rings (SSSR count). The minimum absolute atomic E-state index is 0.102. The average molecular weight is 546 g/mol. The highest BCUT2D eigenvalue weighted by atomic mass is 32.2. The van der Waals surface area contributed by atoms with Gasteiger partial charge in [0.1, 0.15) is 0 Å². The number of carboxylic acids is 1. The Morgan fingerprint density at radius 3 is 2.50 bits per heavy atom. The number of nitrogens with zero attached hydrogens (tertiary/aromatic N) is 2. The van der Waals surface area contributed by atoms with Crippen molar-refractivity contribution in [2.75, 3.05) is 18.5 Å². The SMILES string of the molecule is CN(C(=O)CNN1C(=O)C(=Cc2cc(-c3ccc(F)c(F)c3)cs2)SC1=S)c1ccc(C(=O)O)cc1. The molecule has 0 aliphatic carbocycles. The number of amides is 2. The zero-order valence-electron chi connectivity index (χ0n) is 18.5. The lowest BCUT2D eigenvalue weighted by Crippen LogP contribution is -2.46. The summed E-state index contributed by atoms with van der Waals surface area (Å²) >= 11 is 7.68. The minimum Gasteiger partial charge on any atom is -0.478 e. The van der Waals surface area contributed by atoms with Crippen molar-refractivity contribution in [1.29, 1.82) is 0 Å². The van der Waals surface area contributed by atoms with Gasteiger partial charge < -0.3 is 10.0 Å². The number of thioether (sulfide) groups is 1. The number of carboxylic acid groups (broad SMARTS) is 1. The summed E-state index contributed by atoms with van der Waals surface area (Å²) in [6.45, 7) is -0.226. The van der Waals surface area contributed by atoms with E-state index in [0.717, 1.165) is 33.8 Å². The number of carbonyl (C=O) groups excluding carboxylic acids is 2. The van der Waals surface area contributed by atoms with Gasteiger partial charge in [0.2, 0.25) is 5.91 Å². The number of halogens is 2. The number of rotatable bonds is 7. The monoisotopic (exact) mass is 545 g/mol. The van der Waals surface area contributed by atoms with Crippen LogP contribution in [-0.4, -0.2) is 45.8 Å². The second kappa shape index (κ2) is 10.7. The summed E-state index contributed by atoms with van der Waals surface area (Å²) in [4.78, 5) is 38.8. The minimum atomic E-state index is -1.07. The Labute approximate surface area is 218 Å². The number of hydrogen-bond donors (Lipinski definition) is 2. The number of thiophene rings is 1. The molecule has 0 saturated carbocycles. The van der Waals surface area contributed by atoms with E-state index in [-0.39, 0.29) is 22.3 Å². The number of hydrazine groups is 1. The fourth-order valence-electron chi connectivity index (χ4n) is 3.23. The summed E-state index contributed by atoms with van der Waals surface area (Å²) in [6, 6.07) is 11.2. The first-order chi connectivity index (χ1) is 17.1. The van der Waals surface area contributed by atoms with Gasteiger partial charge in [0.25, 0.3) is 5.91 Å². The van der Waals surface area contributed by atoms with Crippen LogP contribution in [0.15, 0.2) is 58.8 Å². The number of benzene rings is 2. The van der Waals surface area contributed by atoms with Crippen molar-refractivity contribution < 1.29 is 28.3 Å². The van der Waals surface area contributed by atoms with Crippen LogP contribution < -0.4 is 10.3 Å². The van der Waals surface area contributed by atoms with Crippen molar-refractivity contribution in [1.82, 2.24) is 10.4 Å². The summed E-state index contributed by atoms with van der Waals surface area (Å²) in [6.07, 6.45) is 1.65. The molecule has 0 spiro atoms. The van der Waals surface area contributed by atoms with Gasteiger partial charge >= 0.3 is 5.97 Å². The number of carbonyl (C=O) groups is 3. The van der Waals surface area contributed by atoms with E-state index < -0.39 is 23.5 Å². The molecule has 7 nitrogen and oxygen atoms in total. The molecule has 0 unspecified atom stereocenters. The Kier molecular flexibility index (Phi) is 7.59. The number of nitrogens with one attached hydrogen (secondary N) is 1. The van der Waals surface area contributed by atoms with E-state index in [1.807, 2.05) is 0 Å². The number of thiocarbonyl (C=S) groups is 1. The molecule has 3 aromatic rings. The smallest absolute Gasteiger partial charge is 0.335 e. The molecule has 2 N–H and O–H groups in total. The molecular weight excluding hydrogens is 528 g/mol. The summed E-state index contributed by atoms with van der Waals surface area (Å²) in [5.41, 5.74) is 4.53. The molecule has 184 valence electrons. The Morgan fingerprint density at radius 1 is 1.11 bits per heavy atom. The standard InChI is InChI=1S/C24H17F2N3O4S3/c1-28(16-5-2-13(3-6-16)23(32)33)21(30)11-27-29-22(31)20(36-24(29)34)10-17-8-15(12-35-17)14-4-7-18(25)19(26)9-14/h2-10,12,27H,11H2,1H3,(H,32,33). The number of anilines is 1. The van der Waals surface area contributed by atoms with Crippen LogP contribution in [0.4, 0.5) is 14.5 Å². The second-order valence-corrected chi connectivity index (χ2v) is 10.1. The molecule has 1 aliphatic rings. The highest BCUT2D eigenvalue weighted by molar-refractivity contribution is 8.26. The molecule has 1 fully saturated rings. The van der Waals surface area contributed by atoms with Gasteiger partial charge in [-0.15, -0.1) is 11.3 Å². The predicted octanol–water partition coefficient (Wildman–Crippen LogP) is 4.76. The zero-order valence-corrected chi connectivity index (χ0v) is 21.0. The summed E-state index contributed by atoms with van der Waals surface area (Å²) in [7, 11) is 1.53. The van der Waals surface area contributed by atoms with E-state index in [1.165, 1.54) is 53.6 Å². The van der Waals surface area contributed by atoms with E-state index in [1.54, 1.807) is 17.5 Å². The van der Waals surface area contributed by atoms with E-state index in [2.05, 4.69) is 5.43 Å². The Balaban J connectivity index is 1.40. The molecule has 36 heavy (non-hydrogen) atoms. The second-order valence-electron chi connectivity index (χ2n) is 7.52. The number of aromatic carboxylic acids is 1. The lowest BCUT2D eigenvalue weighted by atomic mass is 10.1. The lowest BCUT2D eigenvalue weighted by molar-refractivity contribution is -0.125. The molecule has 2 amide bonds. The van der Waals surface area contributed by atoms with E-state index >= 15 is 0 Å². The third kappa shape index (κ3) is 5.51. The average Bonchev–Trinajstić information content (AvgIpc) is 3.43.